The number of esters is 1. The average molecular weight is 443 g/mol. The third-order valence-electron chi connectivity index (χ3n) is 6.06. The number of aliphatic hydroxyl groups is 3. The van der Waals surface area contributed by atoms with Crippen molar-refractivity contribution < 1.29 is 24.9 Å². The van der Waals surface area contributed by atoms with Gasteiger partial charge in [0.2, 0.25) is 0 Å². The van der Waals surface area contributed by atoms with E-state index >= 15 is 0 Å². The summed E-state index contributed by atoms with van der Waals surface area (Å²) >= 11 is 0. The zero-order chi connectivity index (χ0) is 23.6. The summed E-state index contributed by atoms with van der Waals surface area (Å²) in [4.78, 5) is 11.8. The van der Waals surface area contributed by atoms with Crippen LogP contribution in [0, 0.1) is 17.8 Å². The summed E-state index contributed by atoms with van der Waals surface area (Å²) in [5.74, 6) is 1.96. The minimum atomic E-state index is -1.25. The first-order chi connectivity index (χ1) is 14.7. The molecule has 0 amide bonds. The van der Waals surface area contributed by atoms with Crippen LogP contribution in [0.3, 0.4) is 0 Å². The molecule has 0 aromatic carbocycles. The van der Waals surface area contributed by atoms with E-state index in [1.165, 1.54) is 56.9 Å². The molecule has 0 fully saturated rings. The smallest absolute Gasteiger partial charge is 0.306 e. The fraction of sp³-hybridized carbons (Fsp3) is 0.885. The van der Waals surface area contributed by atoms with E-state index in [0.717, 1.165) is 24.2 Å². The molecular formula is C26H50O5. The molecule has 0 aliphatic carbocycles. The average Bonchev–Trinajstić information content (AvgIpc) is 2.71. The van der Waals surface area contributed by atoms with E-state index in [4.69, 9.17) is 14.9 Å². The third-order valence-corrected chi connectivity index (χ3v) is 6.06. The molecule has 0 aromatic rings. The maximum Gasteiger partial charge on any atom is 0.306 e. The van der Waals surface area contributed by atoms with Crippen LogP contribution in [0.2, 0.25) is 0 Å². The number of rotatable bonds is 19. The highest BCUT2D eigenvalue weighted by molar-refractivity contribution is 5.69. The highest BCUT2D eigenvalue weighted by Crippen LogP contribution is 2.22. The summed E-state index contributed by atoms with van der Waals surface area (Å²) in [5.41, 5.74) is 1.29. The van der Waals surface area contributed by atoms with Crippen molar-refractivity contribution in [3.05, 3.63) is 11.6 Å². The molecule has 3 N–H and O–H groups in total. The molecule has 184 valence electrons. The van der Waals surface area contributed by atoms with Crippen molar-refractivity contribution in [3.63, 3.8) is 0 Å². The third kappa shape index (κ3) is 17.3. The number of carbonyl (C=O) groups is 1. The maximum absolute atomic E-state index is 11.8. The number of hydrogen-bond donors (Lipinski definition) is 3. The lowest BCUT2D eigenvalue weighted by molar-refractivity contribution is -0.159. The molecular weight excluding hydrogens is 392 g/mol. The van der Waals surface area contributed by atoms with Crippen molar-refractivity contribution in [2.75, 3.05) is 13.2 Å². The van der Waals surface area contributed by atoms with Gasteiger partial charge in [-0.15, -0.1) is 0 Å². The van der Waals surface area contributed by atoms with Gasteiger partial charge in [-0.1, -0.05) is 84.3 Å². The van der Waals surface area contributed by atoms with Crippen LogP contribution in [0.4, 0.5) is 0 Å². The van der Waals surface area contributed by atoms with E-state index in [0.29, 0.717) is 6.42 Å². The van der Waals surface area contributed by atoms with Gasteiger partial charge < -0.3 is 20.1 Å². The zero-order valence-electron chi connectivity index (χ0n) is 20.8. The van der Waals surface area contributed by atoms with Gasteiger partial charge in [-0.2, -0.15) is 0 Å². The van der Waals surface area contributed by atoms with E-state index in [1.807, 2.05) is 0 Å². The first-order valence-corrected chi connectivity index (χ1v) is 12.4. The lowest BCUT2D eigenvalue weighted by atomic mass is 9.91. The molecule has 0 rings (SSSR count). The second-order valence-electron chi connectivity index (χ2n) is 9.91. The van der Waals surface area contributed by atoms with Crippen LogP contribution < -0.4 is 0 Å². The Kier molecular flexibility index (Phi) is 18.1. The molecule has 4 atom stereocenters. The van der Waals surface area contributed by atoms with Gasteiger partial charge in [0.15, 0.2) is 6.10 Å². The van der Waals surface area contributed by atoms with Gasteiger partial charge in [-0.05, 0) is 43.9 Å². The van der Waals surface area contributed by atoms with Crippen molar-refractivity contribution in [3.8, 4) is 0 Å². The second-order valence-corrected chi connectivity index (χ2v) is 9.91. The molecule has 0 aromatic heterocycles. The molecule has 5 nitrogen and oxygen atoms in total. The Morgan fingerprint density at radius 3 is 1.90 bits per heavy atom. The standard InChI is InChI=1S/C26H50O5/c1-20(2)10-6-11-21(3)12-7-13-22(4)14-8-15-23(5)16-9-17-26(30)31-25(19-28)24(29)18-27/h16,20-22,24-25,27-29H,6-15,17-19H2,1-5H3/b23-16+/t21?,22?,24-,25+/m1/s1. The summed E-state index contributed by atoms with van der Waals surface area (Å²) in [6.07, 6.45) is 12.1. The van der Waals surface area contributed by atoms with E-state index in [9.17, 15) is 9.90 Å². The Bertz CT molecular complexity index is 474. The molecule has 0 heterocycles. The first kappa shape index (κ1) is 30.1. The van der Waals surface area contributed by atoms with Gasteiger partial charge >= 0.3 is 5.97 Å². The molecule has 2 unspecified atom stereocenters. The van der Waals surface area contributed by atoms with E-state index in [1.54, 1.807) is 0 Å². The molecule has 31 heavy (non-hydrogen) atoms. The van der Waals surface area contributed by atoms with Gasteiger partial charge in [0, 0.05) is 6.42 Å². The lowest BCUT2D eigenvalue weighted by Crippen LogP contribution is -2.36. The van der Waals surface area contributed by atoms with Crippen molar-refractivity contribution in [1.29, 1.82) is 0 Å². The molecule has 0 aliphatic heterocycles. The quantitative estimate of drug-likeness (QED) is 0.184. The summed E-state index contributed by atoms with van der Waals surface area (Å²) < 4.78 is 5.00. The SMILES string of the molecule is C/C(=C\CCC(=O)O[C@@H](CO)[C@H](O)CO)CCCC(C)CCCC(C)CCCC(C)C. The fourth-order valence-corrected chi connectivity index (χ4v) is 3.83. The predicted octanol–water partition coefficient (Wildman–Crippen LogP) is 5.41. The minimum Gasteiger partial charge on any atom is -0.457 e. The van der Waals surface area contributed by atoms with Gasteiger partial charge in [0.05, 0.1) is 13.2 Å². The zero-order valence-corrected chi connectivity index (χ0v) is 20.8. The predicted molar refractivity (Wildman–Crippen MR) is 128 cm³/mol. The number of allylic oxidation sites excluding steroid dienone is 2. The van der Waals surface area contributed by atoms with Crippen LogP contribution in [0.25, 0.3) is 0 Å². The van der Waals surface area contributed by atoms with Crippen LogP contribution in [0.5, 0.6) is 0 Å². The Hall–Kier alpha value is -0.910. The fourth-order valence-electron chi connectivity index (χ4n) is 3.83. The van der Waals surface area contributed by atoms with Gasteiger partial charge in [0.1, 0.15) is 6.10 Å². The molecule has 5 heteroatoms. The minimum absolute atomic E-state index is 0.206. The molecule has 0 radical (unpaired) electrons. The van der Waals surface area contributed by atoms with E-state index in [2.05, 4.69) is 40.7 Å². The van der Waals surface area contributed by atoms with Gasteiger partial charge in [0.25, 0.3) is 0 Å². The van der Waals surface area contributed by atoms with E-state index in [-0.39, 0.29) is 6.42 Å². The molecule has 0 saturated heterocycles. The molecule has 0 saturated carbocycles. The number of aliphatic hydroxyl groups excluding tert-OH is 3. The van der Waals surface area contributed by atoms with Crippen molar-refractivity contribution in [2.45, 2.75) is 117 Å². The van der Waals surface area contributed by atoms with Crippen LogP contribution in [0.15, 0.2) is 11.6 Å². The Balaban J connectivity index is 3.88. The first-order valence-electron chi connectivity index (χ1n) is 12.4. The van der Waals surface area contributed by atoms with Crippen LogP contribution in [-0.2, 0) is 9.53 Å². The Morgan fingerprint density at radius 2 is 1.39 bits per heavy atom. The number of carbonyl (C=O) groups excluding carboxylic acids is 1. The lowest BCUT2D eigenvalue weighted by Gasteiger charge is -2.19. The molecule has 0 bridgehead atoms. The molecule has 0 spiro atoms. The van der Waals surface area contributed by atoms with Gasteiger partial charge in [-0.25, -0.2) is 0 Å². The van der Waals surface area contributed by atoms with Crippen LogP contribution >= 0.6 is 0 Å². The highest BCUT2D eigenvalue weighted by atomic mass is 16.6. The highest BCUT2D eigenvalue weighted by Gasteiger charge is 2.21. The Labute approximate surface area is 191 Å². The number of hydrogen-bond acceptors (Lipinski definition) is 5. The number of ether oxygens (including phenoxy) is 1. The summed E-state index contributed by atoms with van der Waals surface area (Å²) in [6, 6.07) is 0. The Morgan fingerprint density at radius 1 is 0.839 bits per heavy atom. The van der Waals surface area contributed by atoms with Crippen LogP contribution in [-0.4, -0.2) is 46.7 Å². The normalized spacial score (nSPS) is 16.2. The molecule has 0 aliphatic rings. The monoisotopic (exact) mass is 442 g/mol. The van der Waals surface area contributed by atoms with Crippen molar-refractivity contribution >= 4 is 5.97 Å². The van der Waals surface area contributed by atoms with Crippen LogP contribution in [0.1, 0.15) is 105 Å². The summed E-state index contributed by atoms with van der Waals surface area (Å²) in [6.45, 7) is 10.4. The summed E-state index contributed by atoms with van der Waals surface area (Å²) in [5, 5.41) is 27.4. The topological polar surface area (TPSA) is 87.0 Å². The second kappa shape index (κ2) is 18.6. The largest absolute Gasteiger partial charge is 0.457 e. The van der Waals surface area contributed by atoms with Crippen molar-refractivity contribution in [2.24, 2.45) is 17.8 Å². The van der Waals surface area contributed by atoms with Crippen molar-refractivity contribution in [1.82, 2.24) is 0 Å². The van der Waals surface area contributed by atoms with Gasteiger partial charge in [-0.3, -0.25) is 4.79 Å². The maximum atomic E-state index is 11.8. The summed E-state index contributed by atoms with van der Waals surface area (Å²) in [7, 11) is 0. The van der Waals surface area contributed by atoms with E-state index < -0.39 is 31.4 Å².